The summed E-state index contributed by atoms with van der Waals surface area (Å²) in [4.78, 5) is 21.8. The van der Waals surface area contributed by atoms with Crippen LogP contribution in [0.2, 0.25) is 0 Å². The fraction of sp³-hybridized carbons (Fsp3) is 0.400. The molecule has 92 valence electrons. The quantitative estimate of drug-likeness (QED) is 0.636. The molecule has 0 saturated carbocycles. The van der Waals surface area contributed by atoms with Crippen LogP contribution in [0.3, 0.4) is 0 Å². The van der Waals surface area contributed by atoms with Crippen molar-refractivity contribution in [2.75, 3.05) is 11.9 Å². The van der Waals surface area contributed by atoms with Gasteiger partial charge in [-0.05, 0) is 26.0 Å². The van der Waals surface area contributed by atoms with Crippen LogP contribution in [0.1, 0.15) is 24.3 Å². The lowest BCUT2D eigenvalue weighted by Crippen LogP contribution is -2.37. The molecular formula is C10H15N5O2. The third kappa shape index (κ3) is 3.40. The summed E-state index contributed by atoms with van der Waals surface area (Å²) in [6.07, 6.45) is 0. The van der Waals surface area contributed by atoms with Crippen LogP contribution in [0.25, 0.3) is 0 Å². The van der Waals surface area contributed by atoms with E-state index in [-0.39, 0.29) is 5.69 Å². The first-order chi connectivity index (χ1) is 7.83. The number of carbonyl (C=O) groups excluding carboxylic acids is 2. The number of rotatable bonds is 5. The van der Waals surface area contributed by atoms with Crippen molar-refractivity contribution in [2.24, 2.45) is 16.9 Å². The minimum absolute atomic E-state index is 0.0877. The van der Waals surface area contributed by atoms with Gasteiger partial charge in [-0.2, -0.15) is 0 Å². The molecule has 1 rings (SSSR count). The van der Waals surface area contributed by atoms with E-state index >= 15 is 0 Å². The maximum absolute atomic E-state index is 11.1. The van der Waals surface area contributed by atoms with Crippen LogP contribution >= 0.6 is 0 Å². The van der Waals surface area contributed by atoms with Gasteiger partial charge in [-0.1, -0.05) is 0 Å². The molecule has 0 radical (unpaired) electrons. The maximum atomic E-state index is 11.1. The monoisotopic (exact) mass is 237 g/mol. The molecule has 0 bridgehead atoms. The topological polar surface area (TPSA) is 124 Å². The molecular weight excluding hydrogens is 222 g/mol. The number of hydrogen-bond donors (Lipinski definition) is 3. The smallest absolute Gasteiger partial charge is 0.269 e. The lowest BCUT2D eigenvalue weighted by atomic mass is 9.93. The van der Waals surface area contributed by atoms with Gasteiger partial charge in [0.1, 0.15) is 5.82 Å². The Morgan fingerprint density at radius 1 is 1.29 bits per heavy atom. The Hall–Kier alpha value is -2.18. The molecule has 7 nitrogen and oxygen atoms in total. The molecule has 0 aromatic carbocycles. The van der Waals surface area contributed by atoms with Gasteiger partial charge in [0.2, 0.25) is 5.91 Å². The molecule has 0 spiro atoms. The largest absolute Gasteiger partial charge is 0.369 e. The molecule has 0 unspecified atom stereocenters. The number of amides is 2. The molecule has 1 aromatic rings. The van der Waals surface area contributed by atoms with Crippen molar-refractivity contribution < 1.29 is 9.59 Å². The van der Waals surface area contributed by atoms with Gasteiger partial charge in [0.25, 0.3) is 5.91 Å². The molecule has 0 aliphatic heterocycles. The maximum Gasteiger partial charge on any atom is 0.269 e. The van der Waals surface area contributed by atoms with E-state index in [1.54, 1.807) is 19.9 Å². The summed E-state index contributed by atoms with van der Waals surface area (Å²) in [5, 5.41) is 10.3. The number of hydrogen-bond acceptors (Lipinski definition) is 5. The molecule has 7 heteroatoms. The summed E-state index contributed by atoms with van der Waals surface area (Å²) in [7, 11) is 0. The first-order valence-corrected chi connectivity index (χ1v) is 5.00. The summed E-state index contributed by atoms with van der Waals surface area (Å²) < 4.78 is 0. The van der Waals surface area contributed by atoms with E-state index in [2.05, 4.69) is 15.5 Å². The second kappa shape index (κ2) is 4.77. The molecule has 2 amide bonds. The average molecular weight is 237 g/mol. The highest BCUT2D eigenvalue weighted by Crippen LogP contribution is 2.14. The minimum Gasteiger partial charge on any atom is -0.369 e. The summed E-state index contributed by atoms with van der Waals surface area (Å²) in [5.74, 6) is -0.599. The second-order valence-corrected chi connectivity index (χ2v) is 4.27. The van der Waals surface area contributed by atoms with E-state index in [0.717, 1.165) is 0 Å². The lowest BCUT2D eigenvalue weighted by molar-refractivity contribution is -0.125. The molecule has 17 heavy (non-hydrogen) atoms. The predicted molar refractivity (Wildman–Crippen MR) is 62.0 cm³/mol. The number of nitrogens with zero attached hydrogens (tertiary/aromatic N) is 2. The Balaban J connectivity index is 2.65. The zero-order valence-corrected chi connectivity index (χ0v) is 9.73. The third-order valence-electron chi connectivity index (χ3n) is 2.30. The molecule has 0 fully saturated rings. The predicted octanol–water partition coefficient (Wildman–Crippen LogP) is -0.501. The summed E-state index contributed by atoms with van der Waals surface area (Å²) in [6, 6.07) is 3.01. The number of nitrogens with two attached hydrogens (primary N) is 2. The van der Waals surface area contributed by atoms with Crippen LogP contribution in [-0.4, -0.2) is 28.6 Å². The number of nitrogens with one attached hydrogen (secondary N) is 1. The minimum atomic E-state index is -0.690. The molecule has 1 aromatic heterocycles. The highest BCUT2D eigenvalue weighted by atomic mass is 16.1. The SMILES string of the molecule is CC(C)(CNc1ccc(C(N)=O)nn1)C(N)=O. The average Bonchev–Trinajstić information content (AvgIpc) is 2.27. The fourth-order valence-corrected chi connectivity index (χ4v) is 0.957. The first-order valence-electron chi connectivity index (χ1n) is 5.00. The lowest BCUT2D eigenvalue weighted by Gasteiger charge is -2.20. The molecule has 0 aliphatic carbocycles. The Morgan fingerprint density at radius 3 is 2.35 bits per heavy atom. The fourth-order valence-electron chi connectivity index (χ4n) is 0.957. The van der Waals surface area contributed by atoms with Gasteiger partial charge in [0.05, 0.1) is 5.41 Å². The van der Waals surface area contributed by atoms with Crippen molar-refractivity contribution >= 4 is 17.6 Å². The number of primary amides is 2. The van der Waals surface area contributed by atoms with E-state index in [9.17, 15) is 9.59 Å². The van der Waals surface area contributed by atoms with Gasteiger partial charge in [0.15, 0.2) is 5.69 Å². The van der Waals surface area contributed by atoms with Crippen molar-refractivity contribution in [3.8, 4) is 0 Å². The molecule has 5 N–H and O–H groups in total. The first kappa shape index (κ1) is 12.9. The molecule has 0 aliphatic rings. The second-order valence-electron chi connectivity index (χ2n) is 4.27. The van der Waals surface area contributed by atoms with Gasteiger partial charge >= 0.3 is 0 Å². The van der Waals surface area contributed by atoms with Crippen LogP contribution in [0, 0.1) is 5.41 Å². The van der Waals surface area contributed by atoms with Crippen molar-refractivity contribution in [1.29, 1.82) is 0 Å². The number of aromatic nitrogens is 2. The van der Waals surface area contributed by atoms with Gasteiger partial charge in [-0.3, -0.25) is 9.59 Å². The molecule has 0 atom stereocenters. The van der Waals surface area contributed by atoms with E-state index < -0.39 is 17.2 Å². The summed E-state index contributed by atoms with van der Waals surface area (Å²) >= 11 is 0. The normalized spacial score (nSPS) is 10.9. The number of anilines is 1. The van der Waals surface area contributed by atoms with Crippen molar-refractivity contribution in [1.82, 2.24) is 10.2 Å². The van der Waals surface area contributed by atoms with E-state index in [1.165, 1.54) is 6.07 Å². The zero-order chi connectivity index (χ0) is 13.1. The van der Waals surface area contributed by atoms with Gasteiger partial charge in [-0.15, -0.1) is 10.2 Å². The molecule has 1 heterocycles. The Labute approximate surface area is 98.6 Å². The van der Waals surface area contributed by atoms with Crippen molar-refractivity contribution in [2.45, 2.75) is 13.8 Å². The summed E-state index contributed by atoms with van der Waals surface area (Å²) in [5.41, 5.74) is 9.64. The van der Waals surface area contributed by atoms with Crippen LogP contribution in [0.4, 0.5) is 5.82 Å². The standard InChI is InChI=1S/C10H15N5O2/c1-10(2,9(12)17)5-13-7-4-3-6(8(11)16)14-15-7/h3-4H,5H2,1-2H3,(H2,11,16)(H2,12,17)(H,13,15). The van der Waals surface area contributed by atoms with Crippen molar-refractivity contribution in [3.63, 3.8) is 0 Å². The Kier molecular flexibility index (Phi) is 3.62. The van der Waals surface area contributed by atoms with E-state index in [4.69, 9.17) is 11.5 Å². The van der Waals surface area contributed by atoms with Crippen LogP contribution in [0.5, 0.6) is 0 Å². The zero-order valence-electron chi connectivity index (χ0n) is 9.73. The van der Waals surface area contributed by atoms with Gasteiger partial charge in [0, 0.05) is 6.54 Å². The van der Waals surface area contributed by atoms with Crippen molar-refractivity contribution in [3.05, 3.63) is 17.8 Å². The van der Waals surface area contributed by atoms with E-state index in [1.807, 2.05) is 0 Å². The summed E-state index contributed by atoms with van der Waals surface area (Å²) in [6.45, 7) is 3.76. The molecule has 0 saturated heterocycles. The Bertz CT molecular complexity index is 427. The third-order valence-corrected chi connectivity index (χ3v) is 2.30. The van der Waals surface area contributed by atoms with Gasteiger partial charge in [-0.25, -0.2) is 0 Å². The highest BCUT2D eigenvalue weighted by Gasteiger charge is 2.24. The van der Waals surface area contributed by atoms with Crippen LogP contribution < -0.4 is 16.8 Å². The Morgan fingerprint density at radius 2 is 1.94 bits per heavy atom. The van der Waals surface area contributed by atoms with Crippen LogP contribution in [0.15, 0.2) is 12.1 Å². The van der Waals surface area contributed by atoms with Gasteiger partial charge < -0.3 is 16.8 Å². The number of carbonyl (C=O) groups is 2. The van der Waals surface area contributed by atoms with Crippen LogP contribution in [-0.2, 0) is 4.79 Å². The highest BCUT2D eigenvalue weighted by molar-refractivity contribution is 5.90. The van der Waals surface area contributed by atoms with E-state index in [0.29, 0.717) is 12.4 Å².